The minimum absolute atomic E-state index is 0.222. The molecule has 0 aliphatic rings. The number of carbonyl (C=O) groups is 2. The van der Waals surface area contributed by atoms with E-state index in [4.69, 9.17) is 16.3 Å². The van der Waals surface area contributed by atoms with Crippen LogP contribution >= 0.6 is 11.6 Å². The zero-order valence-electron chi connectivity index (χ0n) is 13.6. The molecule has 0 bridgehead atoms. The number of methoxy groups -OCH3 is 1. The number of hydrogen-bond acceptors (Lipinski definition) is 3. The molecule has 0 unspecified atom stereocenters. The van der Waals surface area contributed by atoms with E-state index in [0.29, 0.717) is 34.1 Å². The van der Waals surface area contributed by atoms with Gasteiger partial charge in [0.2, 0.25) is 0 Å². The average Bonchev–Trinajstić information content (AvgIpc) is 2.60. The zero-order valence-corrected chi connectivity index (χ0v) is 14.3. The molecule has 0 spiro atoms. The summed E-state index contributed by atoms with van der Waals surface area (Å²) in [5.74, 6) is -0.0802. The summed E-state index contributed by atoms with van der Waals surface area (Å²) in [6.07, 6.45) is 0.838. The lowest BCUT2D eigenvalue weighted by Crippen LogP contribution is -2.25. The van der Waals surface area contributed by atoms with Crippen molar-refractivity contribution in [3.63, 3.8) is 0 Å². The molecule has 0 saturated heterocycles. The van der Waals surface area contributed by atoms with Crippen LogP contribution in [0.4, 0.5) is 5.69 Å². The third kappa shape index (κ3) is 4.26. The third-order valence-corrected chi connectivity index (χ3v) is 3.66. The van der Waals surface area contributed by atoms with Crippen molar-refractivity contribution in [1.29, 1.82) is 0 Å². The average molecular weight is 347 g/mol. The molecule has 0 atom stereocenters. The smallest absolute Gasteiger partial charge is 0.255 e. The number of hydrogen-bond donors (Lipinski definition) is 2. The van der Waals surface area contributed by atoms with Crippen molar-refractivity contribution >= 4 is 29.1 Å². The Labute approximate surface area is 146 Å². The Bertz CT molecular complexity index is 747. The summed E-state index contributed by atoms with van der Waals surface area (Å²) in [5, 5.41) is 5.89. The molecule has 0 saturated carbocycles. The highest BCUT2D eigenvalue weighted by Gasteiger charge is 2.14. The van der Waals surface area contributed by atoms with E-state index in [9.17, 15) is 9.59 Å². The first-order valence-corrected chi connectivity index (χ1v) is 7.96. The van der Waals surface area contributed by atoms with Crippen LogP contribution in [0.3, 0.4) is 0 Å². The molecule has 24 heavy (non-hydrogen) atoms. The van der Waals surface area contributed by atoms with Crippen molar-refractivity contribution in [3.05, 3.63) is 58.6 Å². The van der Waals surface area contributed by atoms with E-state index in [1.165, 1.54) is 13.2 Å². The summed E-state index contributed by atoms with van der Waals surface area (Å²) < 4.78 is 5.07. The molecular weight excluding hydrogens is 328 g/mol. The molecule has 6 heteroatoms. The highest BCUT2D eigenvalue weighted by atomic mass is 35.5. The number of amides is 2. The highest BCUT2D eigenvalue weighted by Crippen LogP contribution is 2.25. The van der Waals surface area contributed by atoms with Crippen LogP contribution in [0.5, 0.6) is 5.75 Å². The quantitative estimate of drug-likeness (QED) is 0.837. The lowest BCUT2D eigenvalue weighted by atomic mass is 10.1. The van der Waals surface area contributed by atoms with Crippen molar-refractivity contribution in [2.24, 2.45) is 0 Å². The maximum atomic E-state index is 12.4. The molecule has 0 aromatic heterocycles. The van der Waals surface area contributed by atoms with E-state index < -0.39 is 0 Å². The van der Waals surface area contributed by atoms with E-state index in [0.717, 1.165) is 6.42 Å². The van der Waals surface area contributed by atoms with Gasteiger partial charge in [-0.25, -0.2) is 0 Å². The molecule has 0 fully saturated rings. The van der Waals surface area contributed by atoms with Gasteiger partial charge in [-0.05, 0) is 36.8 Å². The monoisotopic (exact) mass is 346 g/mol. The number of ether oxygens (including phenoxy) is 1. The molecule has 2 aromatic rings. The van der Waals surface area contributed by atoms with Gasteiger partial charge in [0, 0.05) is 12.1 Å². The van der Waals surface area contributed by atoms with Crippen LogP contribution in [-0.4, -0.2) is 25.5 Å². The summed E-state index contributed by atoms with van der Waals surface area (Å²) in [6.45, 7) is 2.55. The van der Waals surface area contributed by atoms with Crippen LogP contribution < -0.4 is 15.4 Å². The normalized spacial score (nSPS) is 10.1. The lowest BCUT2D eigenvalue weighted by Gasteiger charge is -2.12. The van der Waals surface area contributed by atoms with Crippen molar-refractivity contribution in [3.8, 4) is 5.75 Å². The molecule has 2 amide bonds. The first kappa shape index (κ1) is 17.8. The Hall–Kier alpha value is -2.53. The molecular formula is C18H19ClN2O3. The molecule has 2 N–H and O–H groups in total. The van der Waals surface area contributed by atoms with Crippen LogP contribution in [0, 0.1) is 0 Å². The van der Waals surface area contributed by atoms with Gasteiger partial charge in [0.05, 0.1) is 23.4 Å². The van der Waals surface area contributed by atoms with Crippen LogP contribution in [0.15, 0.2) is 42.5 Å². The van der Waals surface area contributed by atoms with Gasteiger partial charge in [0.15, 0.2) is 0 Å². The Kier molecular flexibility index (Phi) is 6.21. The topological polar surface area (TPSA) is 67.4 Å². The first-order valence-electron chi connectivity index (χ1n) is 7.59. The van der Waals surface area contributed by atoms with Gasteiger partial charge in [0.1, 0.15) is 5.75 Å². The fraction of sp³-hybridized carbons (Fsp3) is 0.222. The number of benzene rings is 2. The van der Waals surface area contributed by atoms with Crippen LogP contribution in [0.1, 0.15) is 34.1 Å². The number of anilines is 1. The number of carbonyl (C=O) groups excluding carboxylic acids is 2. The first-order chi connectivity index (χ1) is 11.6. The predicted molar refractivity (Wildman–Crippen MR) is 95.0 cm³/mol. The fourth-order valence-electron chi connectivity index (χ4n) is 2.13. The molecule has 0 aliphatic heterocycles. The minimum atomic E-state index is -0.352. The Balaban J connectivity index is 2.20. The van der Waals surface area contributed by atoms with Gasteiger partial charge in [0.25, 0.3) is 11.8 Å². The van der Waals surface area contributed by atoms with Gasteiger partial charge < -0.3 is 15.4 Å². The SMILES string of the molecule is CCCNC(=O)c1ccccc1NC(=O)c1ccc(OC)c(Cl)c1. The molecule has 0 heterocycles. The number of para-hydroxylation sites is 1. The number of rotatable bonds is 6. The summed E-state index contributed by atoms with van der Waals surface area (Å²) in [4.78, 5) is 24.6. The lowest BCUT2D eigenvalue weighted by molar-refractivity contribution is 0.0954. The second-order valence-corrected chi connectivity index (χ2v) is 5.51. The van der Waals surface area contributed by atoms with Gasteiger partial charge in [-0.15, -0.1) is 0 Å². The van der Waals surface area contributed by atoms with Gasteiger partial charge in [-0.1, -0.05) is 30.7 Å². The van der Waals surface area contributed by atoms with E-state index in [-0.39, 0.29) is 11.8 Å². The third-order valence-electron chi connectivity index (χ3n) is 3.37. The predicted octanol–water partition coefficient (Wildman–Crippen LogP) is 3.74. The summed E-state index contributed by atoms with van der Waals surface area (Å²) in [5.41, 5.74) is 1.24. The van der Waals surface area contributed by atoms with Gasteiger partial charge in [-0.2, -0.15) is 0 Å². The molecule has 0 aliphatic carbocycles. The molecule has 2 aromatic carbocycles. The van der Waals surface area contributed by atoms with Crippen molar-refractivity contribution in [1.82, 2.24) is 5.32 Å². The summed E-state index contributed by atoms with van der Waals surface area (Å²) in [6, 6.07) is 11.6. The van der Waals surface area contributed by atoms with Crippen LogP contribution in [0.2, 0.25) is 5.02 Å². The van der Waals surface area contributed by atoms with E-state index in [1.54, 1.807) is 36.4 Å². The van der Waals surface area contributed by atoms with Crippen molar-refractivity contribution < 1.29 is 14.3 Å². The highest BCUT2D eigenvalue weighted by molar-refractivity contribution is 6.32. The standard InChI is InChI=1S/C18H19ClN2O3/c1-3-10-20-18(23)13-6-4-5-7-15(13)21-17(22)12-8-9-16(24-2)14(19)11-12/h4-9,11H,3,10H2,1-2H3,(H,20,23)(H,21,22). The van der Waals surface area contributed by atoms with Gasteiger partial charge in [-0.3, -0.25) is 9.59 Å². The number of halogens is 1. The Morgan fingerprint density at radius 1 is 1.12 bits per heavy atom. The zero-order chi connectivity index (χ0) is 17.5. The maximum absolute atomic E-state index is 12.4. The second kappa shape index (κ2) is 8.36. The summed E-state index contributed by atoms with van der Waals surface area (Å²) in [7, 11) is 1.51. The Morgan fingerprint density at radius 2 is 1.88 bits per heavy atom. The van der Waals surface area contributed by atoms with Gasteiger partial charge >= 0.3 is 0 Å². The van der Waals surface area contributed by atoms with E-state index >= 15 is 0 Å². The minimum Gasteiger partial charge on any atom is -0.495 e. The van der Waals surface area contributed by atoms with Crippen LogP contribution in [-0.2, 0) is 0 Å². The maximum Gasteiger partial charge on any atom is 0.255 e. The molecule has 2 rings (SSSR count). The van der Waals surface area contributed by atoms with Crippen LogP contribution in [0.25, 0.3) is 0 Å². The van der Waals surface area contributed by atoms with Crippen molar-refractivity contribution in [2.75, 3.05) is 19.0 Å². The van der Waals surface area contributed by atoms with E-state index in [2.05, 4.69) is 10.6 Å². The fourth-order valence-corrected chi connectivity index (χ4v) is 2.38. The second-order valence-electron chi connectivity index (χ2n) is 5.10. The van der Waals surface area contributed by atoms with Crippen molar-refractivity contribution in [2.45, 2.75) is 13.3 Å². The summed E-state index contributed by atoms with van der Waals surface area (Å²) >= 11 is 6.05. The molecule has 0 radical (unpaired) electrons. The number of nitrogens with one attached hydrogen (secondary N) is 2. The largest absolute Gasteiger partial charge is 0.495 e. The molecule has 126 valence electrons. The Morgan fingerprint density at radius 3 is 2.54 bits per heavy atom. The molecule has 5 nitrogen and oxygen atoms in total. The van der Waals surface area contributed by atoms with E-state index in [1.807, 2.05) is 6.92 Å².